The summed E-state index contributed by atoms with van der Waals surface area (Å²) in [6.07, 6.45) is 2.71. The van der Waals surface area contributed by atoms with Crippen molar-refractivity contribution in [2.75, 3.05) is 31.5 Å². The Balaban J connectivity index is 1.36. The summed E-state index contributed by atoms with van der Waals surface area (Å²) in [5.41, 5.74) is 2.68. The van der Waals surface area contributed by atoms with E-state index < -0.39 is 5.76 Å². The smallest absolute Gasteiger partial charge is 0.408 e. The molecule has 1 fully saturated rings. The molecule has 8 heteroatoms. The second-order valence-corrected chi connectivity index (χ2v) is 6.59. The summed E-state index contributed by atoms with van der Waals surface area (Å²) in [6, 6.07) is 10.9. The molecule has 0 bridgehead atoms. The van der Waals surface area contributed by atoms with Gasteiger partial charge in [0.1, 0.15) is 0 Å². The molecule has 3 heterocycles. The van der Waals surface area contributed by atoms with E-state index in [-0.39, 0.29) is 6.03 Å². The number of aromatic amines is 1. The maximum absolute atomic E-state index is 12.6. The quantitative estimate of drug-likeness (QED) is 0.740. The first-order valence-corrected chi connectivity index (χ1v) is 8.98. The Morgan fingerprint density at radius 2 is 2.11 bits per heavy atom. The molecule has 1 saturated heterocycles. The second-order valence-electron chi connectivity index (χ2n) is 6.59. The lowest BCUT2D eigenvalue weighted by Crippen LogP contribution is -2.38. The highest BCUT2D eigenvalue weighted by Gasteiger charge is 2.19. The minimum Gasteiger partial charge on any atom is -0.408 e. The third kappa shape index (κ3) is 4.17. The fraction of sp³-hybridized carbons (Fsp3) is 0.316. The van der Waals surface area contributed by atoms with Crippen molar-refractivity contribution >= 4 is 22.8 Å². The SMILES string of the molecule is O=C(Nc1ccc2[nH]c(=O)oc2c1)N1CCCN(Cc2ccccn2)CC1. The zero-order chi connectivity index (χ0) is 18.6. The first-order valence-electron chi connectivity index (χ1n) is 8.98. The van der Waals surface area contributed by atoms with Gasteiger partial charge in [0.05, 0.1) is 11.2 Å². The number of carbonyl (C=O) groups is 1. The number of nitrogens with zero attached hydrogens (tertiary/aromatic N) is 3. The number of carbonyl (C=O) groups excluding carboxylic acids is 1. The Labute approximate surface area is 155 Å². The predicted molar refractivity (Wildman–Crippen MR) is 102 cm³/mol. The molecule has 0 atom stereocenters. The number of hydrogen-bond acceptors (Lipinski definition) is 5. The van der Waals surface area contributed by atoms with Crippen molar-refractivity contribution < 1.29 is 9.21 Å². The summed E-state index contributed by atoms with van der Waals surface area (Å²) in [7, 11) is 0. The molecule has 2 N–H and O–H groups in total. The Hall–Kier alpha value is -3.13. The minimum absolute atomic E-state index is 0.146. The highest BCUT2D eigenvalue weighted by Crippen LogP contribution is 2.17. The number of rotatable bonds is 3. The molecule has 1 aliphatic heterocycles. The molecule has 4 rings (SSSR count). The van der Waals surface area contributed by atoms with E-state index in [9.17, 15) is 9.59 Å². The number of aromatic nitrogens is 2. The van der Waals surface area contributed by atoms with Gasteiger partial charge in [-0.25, -0.2) is 9.59 Å². The van der Waals surface area contributed by atoms with Crippen LogP contribution in [0.25, 0.3) is 11.1 Å². The first kappa shape index (κ1) is 17.3. The number of pyridine rings is 1. The normalized spacial score (nSPS) is 15.6. The van der Waals surface area contributed by atoms with Crippen molar-refractivity contribution in [2.24, 2.45) is 0 Å². The van der Waals surface area contributed by atoms with E-state index in [1.165, 1.54) is 0 Å². The molecule has 0 spiro atoms. The molecule has 1 aromatic carbocycles. The number of H-pyrrole nitrogens is 1. The Kier molecular flexibility index (Phi) is 4.88. The Morgan fingerprint density at radius 1 is 1.19 bits per heavy atom. The van der Waals surface area contributed by atoms with Crippen LogP contribution in [0.3, 0.4) is 0 Å². The van der Waals surface area contributed by atoms with Gasteiger partial charge in [0.2, 0.25) is 0 Å². The summed E-state index contributed by atoms with van der Waals surface area (Å²) in [4.78, 5) is 34.9. The van der Waals surface area contributed by atoms with Crippen LogP contribution in [-0.4, -0.2) is 52.0 Å². The van der Waals surface area contributed by atoms with E-state index >= 15 is 0 Å². The van der Waals surface area contributed by atoms with Gasteiger partial charge >= 0.3 is 11.8 Å². The first-order chi connectivity index (χ1) is 13.2. The molecule has 27 heavy (non-hydrogen) atoms. The molecule has 1 aliphatic rings. The van der Waals surface area contributed by atoms with Crippen molar-refractivity contribution in [1.82, 2.24) is 19.8 Å². The molecule has 2 aromatic heterocycles. The van der Waals surface area contributed by atoms with Crippen LogP contribution in [0, 0.1) is 0 Å². The van der Waals surface area contributed by atoms with Crippen LogP contribution in [0.5, 0.6) is 0 Å². The second kappa shape index (κ2) is 7.63. The van der Waals surface area contributed by atoms with Crippen molar-refractivity contribution in [1.29, 1.82) is 0 Å². The molecule has 0 unspecified atom stereocenters. The highest BCUT2D eigenvalue weighted by atomic mass is 16.4. The third-order valence-corrected chi connectivity index (χ3v) is 4.66. The summed E-state index contributed by atoms with van der Waals surface area (Å²) in [5.74, 6) is -0.506. The van der Waals surface area contributed by atoms with Gasteiger partial charge in [-0.15, -0.1) is 0 Å². The standard InChI is InChI=1S/C19H21N5O3/c25-18(21-14-5-6-16-17(12-14)27-19(26)22-16)24-9-3-8-23(10-11-24)13-15-4-1-2-7-20-15/h1-2,4-7,12H,3,8-11,13H2,(H,21,25)(H,22,26). The van der Waals surface area contributed by atoms with Crippen molar-refractivity contribution in [3.05, 3.63) is 58.8 Å². The lowest BCUT2D eigenvalue weighted by Gasteiger charge is -2.22. The van der Waals surface area contributed by atoms with Crippen molar-refractivity contribution in [2.45, 2.75) is 13.0 Å². The summed E-state index contributed by atoms with van der Waals surface area (Å²) < 4.78 is 5.04. The number of hydrogen-bond donors (Lipinski definition) is 2. The molecular formula is C19H21N5O3. The predicted octanol–water partition coefficient (Wildman–Crippen LogP) is 2.26. The van der Waals surface area contributed by atoms with Gasteiger partial charge in [0, 0.05) is 50.7 Å². The van der Waals surface area contributed by atoms with Crippen LogP contribution in [0.15, 0.2) is 51.8 Å². The average Bonchev–Trinajstić information content (AvgIpc) is 2.87. The van der Waals surface area contributed by atoms with Crippen LogP contribution in [0.1, 0.15) is 12.1 Å². The van der Waals surface area contributed by atoms with E-state index in [4.69, 9.17) is 4.42 Å². The number of amides is 2. The number of fused-ring (bicyclic) bond motifs is 1. The van der Waals surface area contributed by atoms with Gasteiger partial charge in [-0.3, -0.25) is 14.9 Å². The number of oxazole rings is 1. The number of anilines is 1. The van der Waals surface area contributed by atoms with Crippen LogP contribution in [-0.2, 0) is 6.54 Å². The third-order valence-electron chi connectivity index (χ3n) is 4.66. The molecule has 0 aliphatic carbocycles. The lowest BCUT2D eigenvalue weighted by atomic mass is 10.3. The Morgan fingerprint density at radius 3 is 2.96 bits per heavy atom. The van der Waals surface area contributed by atoms with Gasteiger partial charge in [-0.05, 0) is 30.7 Å². The number of urea groups is 1. The monoisotopic (exact) mass is 367 g/mol. The van der Waals surface area contributed by atoms with Gasteiger partial charge in [0.15, 0.2) is 5.58 Å². The van der Waals surface area contributed by atoms with E-state index in [1.807, 2.05) is 23.1 Å². The maximum atomic E-state index is 12.6. The lowest BCUT2D eigenvalue weighted by molar-refractivity contribution is 0.211. The van der Waals surface area contributed by atoms with Crippen LogP contribution in [0.2, 0.25) is 0 Å². The maximum Gasteiger partial charge on any atom is 0.417 e. The van der Waals surface area contributed by atoms with Crippen molar-refractivity contribution in [3.8, 4) is 0 Å². The van der Waals surface area contributed by atoms with Crippen LogP contribution in [0.4, 0.5) is 10.5 Å². The van der Waals surface area contributed by atoms with Crippen LogP contribution >= 0.6 is 0 Å². The van der Waals surface area contributed by atoms with Gasteiger partial charge in [-0.1, -0.05) is 6.07 Å². The highest BCUT2D eigenvalue weighted by molar-refractivity contribution is 5.91. The van der Waals surface area contributed by atoms with Gasteiger partial charge in [0.25, 0.3) is 0 Å². The van der Waals surface area contributed by atoms with Crippen molar-refractivity contribution in [3.63, 3.8) is 0 Å². The molecule has 3 aromatic rings. The van der Waals surface area contributed by atoms with E-state index in [0.717, 1.165) is 31.7 Å². The molecule has 140 valence electrons. The van der Waals surface area contributed by atoms with Gasteiger partial charge in [-0.2, -0.15) is 0 Å². The topological polar surface area (TPSA) is 94.5 Å². The zero-order valence-corrected chi connectivity index (χ0v) is 14.9. The summed E-state index contributed by atoms with van der Waals surface area (Å²) in [6.45, 7) is 3.88. The van der Waals surface area contributed by atoms with E-state index in [0.29, 0.717) is 29.9 Å². The van der Waals surface area contributed by atoms with Crippen LogP contribution < -0.4 is 11.1 Å². The number of nitrogens with one attached hydrogen (secondary N) is 2. The molecular weight excluding hydrogens is 346 g/mol. The van der Waals surface area contributed by atoms with Gasteiger partial charge < -0.3 is 14.6 Å². The molecule has 8 nitrogen and oxygen atoms in total. The van der Waals surface area contributed by atoms with E-state index in [2.05, 4.69) is 20.2 Å². The fourth-order valence-corrected chi connectivity index (χ4v) is 3.28. The largest absolute Gasteiger partial charge is 0.417 e. The number of benzene rings is 1. The zero-order valence-electron chi connectivity index (χ0n) is 14.9. The summed E-state index contributed by atoms with van der Waals surface area (Å²) >= 11 is 0. The minimum atomic E-state index is -0.506. The summed E-state index contributed by atoms with van der Waals surface area (Å²) in [5, 5.41) is 2.89. The fourth-order valence-electron chi connectivity index (χ4n) is 3.28. The average molecular weight is 367 g/mol. The molecule has 2 amide bonds. The Bertz CT molecular complexity index is 982. The molecule has 0 radical (unpaired) electrons. The van der Waals surface area contributed by atoms with E-state index in [1.54, 1.807) is 24.4 Å². The molecule has 0 saturated carbocycles.